The van der Waals surface area contributed by atoms with Crippen molar-refractivity contribution in [1.82, 2.24) is 4.90 Å². The van der Waals surface area contributed by atoms with Gasteiger partial charge in [-0.15, -0.1) is 0 Å². The maximum absolute atomic E-state index is 11.4. The van der Waals surface area contributed by atoms with Crippen molar-refractivity contribution in [3.05, 3.63) is 0 Å². The lowest BCUT2D eigenvalue weighted by Gasteiger charge is -2.21. The number of hydrogen-bond acceptors (Lipinski definition) is 3. The second-order valence-corrected chi connectivity index (χ2v) is 3.58. The monoisotopic (exact) mass is 187 g/mol. The van der Waals surface area contributed by atoms with Gasteiger partial charge in [-0.05, 0) is 26.7 Å². The van der Waals surface area contributed by atoms with Crippen LogP contribution < -0.4 is 0 Å². The number of aliphatic hydroxyl groups excluding tert-OH is 1. The molecule has 0 atom stereocenters. The van der Waals surface area contributed by atoms with E-state index in [2.05, 4.69) is 0 Å². The Morgan fingerprint density at radius 3 is 2.62 bits per heavy atom. The van der Waals surface area contributed by atoms with E-state index < -0.39 is 0 Å². The van der Waals surface area contributed by atoms with Gasteiger partial charge >= 0.3 is 6.09 Å². The third kappa shape index (κ3) is 3.22. The average molecular weight is 187 g/mol. The SMILES string of the molecule is CC(C)OC(=O)N(CCO)C1CC1. The minimum Gasteiger partial charge on any atom is -0.447 e. The normalized spacial score (nSPS) is 16.0. The maximum Gasteiger partial charge on any atom is 0.410 e. The molecule has 1 saturated carbocycles. The average Bonchev–Trinajstić information content (AvgIpc) is 2.81. The van der Waals surface area contributed by atoms with Crippen LogP contribution in [0.15, 0.2) is 0 Å². The zero-order chi connectivity index (χ0) is 9.84. The van der Waals surface area contributed by atoms with E-state index in [1.807, 2.05) is 13.8 Å². The lowest BCUT2D eigenvalue weighted by atomic mass is 10.5. The van der Waals surface area contributed by atoms with E-state index in [0.29, 0.717) is 12.6 Å². The number of carbonyl (C=O) groups excluding carboxylic acids is 1. The molecule has 1 amide bonds. The molecule has 4 nitrogen and oxygen atoms in total. The van der Waals surface area contributed by atoms with Crippen LogP contribution >= 0.6 is 0 Å². The van der Waals surface area contributed by atoms with Crippen LogP contribution in [0.4, 0.5) is 4.79 Å². The molecule has 0 unspecified atom stereocenters. The molecular formula is C9H17NO3. The van der Waals surface area contributed by atoms with Crippen LogP contribution in [0.2, 0.25) is 0 Å². The van der Waals surface area contributed by atoms with Gasteiger partial charge in [-0.25, -0.2) is 4.79 Å². The van der Waals surface area contributed by atoms with Crippen molar-refractivity contribution in [1.29, 1.82) is 0 Å². The zero-order valence-electron chi connectivity index (χ0n) is 8.19. The number of carbonyl (C=O) groups is 1. The van der Waals surface area contributed by atoms with Crippen LogP contribution in [-0.2, 0) is 4.74 Å². The molecule has 76 valence electrons. The maximum atomic E-state index is 11.4. The summed E-state index contributed by atoms with van der Waals surface area (Å²) in [5.74, 6) is 0. The van der Waals surface area contributed by atoms with Crippen LogP contribution in [0.5, 0.6) is 0 Å². The van der Waals surface area contributed by atoms with Crippen LogP contribution in [0, 0.1) is 0 Å². The molecule has 0 bridgehead atoms. The molecule has 1 N–H and O–H groups in total. The molecule has 0 aliphatic heterocycles. The number of nitrogens with zero attached hydrogens (tertiary/aromatic N) is 1. The Balaban J connectivity index is 2.38. The smallest absolute Gasteiger partial charge is 0.410 e. The first-order chi connectivity index (χ1) is 6.15. The summed E-state index contributed by atoms with van der Waals surface area (Å²) in [5.41, 5.74) is 0. The predicted octanol–water partition coefficient (Wildman–Crippen LogP) is 0.988. The van der Waals surface area contributed by atoms with E-state index in [1.54, 1.807) is 4.90 Å². The highest BCUT2D eigenvalue weighted by Crippen LogP contribution is 2.27. The lowest BCUT2D eigenvalue weighted by molar-refractivity contribution is 0.0683. The number of hydrogen-bond donors (Lipinski definition) is 1. The van der Waals surface area contributed by atoms with Crippen molar-refractivity contribution in [2.45, 2.75) is 38.8 Å². The van der Waals surface area contributed by atoms with E-state index >= 15 is 0 Å². The standard InChI is InChI=1S/C9H17NO3/c1-7(2)13-9(12)10(5-6-11)8-3-4-8/h7-8,11H,3-6H2,1-2H3. The number of ether oxygens (including phenoxy) is 1. The third-order valence-electron chi connectivity index (χ3n) is 1.90. The number of amides is 1. The third-order valence-corrected chi connectivity index (χ3v) is 1.90. The molecule has 0 aromatic heterocycles. The first-order valence-corrected chi connectivity index (χ1v) is 4.73. The first kappa shape index (κ1) is 10.3. The highest BCUT2D eigenvalue weighted by Gasteiger charge is 2.33. The molecule has 13 heavy (non-hydrogen) atoms. The molecule has 0 radical (unpaired) electrons. The highest BCUT2D eigenvalue weighted by atomic mass is 16.6. The van der Waals surface area contributed by atoms with Gasteiger partial charge in [0.15, 0.2) is 0 Å². The largest absolute Gasteiger partial charge is 0.447 e. The van der Waals surface area contributed by atoms with E-state index in [4.69, 9.17) is 9.84 Å². The van der Waals surface area contributed by atoms with Gasteiger partial charge in [-0.3, -0.25) is 0 Å². The topological polar surface area (TPSA) is 49.8 Å². The molecule has 0 saturated heterocycles. The molecule has 1 aliphatic rings. The predicted molar refractivity (Wildman–Crippen MR) is 48.4 cm³/mol. The van der Waals surface area contributed by atoms with Crippen LogP contribution in [-0.4, -0.2) is 41.4 Å². The minimum atomic E-state index is -0.299. The van der Waals surface area contributed by atoms with Crippen molar-refractivity contribution in [3.63, 3.8) is 0 Å². The summed E-state index contributed by atoms with van der Waals surface area (Å²) in [6.07, 6.45) is 1.68. The number of rotatable bonds is 4. The van der Waals surface area contributed by atoms with Crippen LogP contribution in [0.3, 0.4) is 0 Å². The Kier molecular flexibility index (Phi) is 3.54. The minimum absolute atomic E-state index is 0.00367. The van der Waals surface area contributed by atoms with E-state index in [-0.39, 0.29) is 18.8 Å². The fraction of sp³-hybridized carbons (Fsp3) is 0.889. The fourth-order valence-electron chi connectivity index (χ4n) is 1.19. The highest BCUT2D eigenvalue weighted by molar-refractivity contribution is 5.68. The summed E-state index contributed by atoms with van der Waals surface area (Å²) in [5, 5.41) is 8.75. The van der Waals surface area contributed by atoms with E-state index in [1.165, 1.54) is 0 Å². The zero-order valence-corrected chi connectivity index (χ0v) is 8.19. The van der Waals surface area contributed by atoms with Gasteiger partial charge in [0.05, 0.1) is 12.7 Å². The molecule has 1 fully saturated rings. The van der Waals surface area contributed by atoms with Gasteiger partial charge in [0.25, 0.3) is 0 Å². The Morgan fingerprint density at radius 2 is 2.23 bits per heavy atom. The summed E-state index contributed by atoms with van der Waals surface area (Å²) in [6.45, 7) is 4.03. The Hall–Kier alpha value is -0.770. The van der Waals surface area contributed by atoms with Crippen LogP contribution in [0.1, 0.15) is 26.7 Å². The van der Waals surface area contributed by atoms with E-state index in [9.17, 15) is 4.79 Å². The van der Waals surface area contributed by atoms with Gasteiger partial charge in [-0.1, -0.05) is 0 Å². The van der Waals surface area contributed by atoms with Gasteiger partial charge < -0.3 is 14.7 Å². The summed E-state index contributed by atoms with van der Waals surface area (Å²) in [7, 11) is 0. The Bertz CT molecular complexity index is 178. The molecule has 1 rings (SSSR count). The van der Waals surface area contributed by atoms with E-state index in [0.717, 1.165) is 12.8 Å². The molecule has 0 aromatic rings. The molecular weight excluding hydrogens is 170 g/mol. The second kappa shape index (κ2) is 4.46. The van der Waals surface area contributed by atoms with Gasteiger partial charge in [0.2, 0.25) is 0 Å². The molecule has 0 heterocycles. The molecule has 0 aromatic carbocycles. The summed E-state index contributed by atoms with van der Waals surface area (Å²) in [6, 6.07) is 0.304. The van der Waals surface area contributed by atoms with Crippen LogP contribution in [0.25, 0.3) is 0 Å². The Morgan fingerprint density at radius 1 is 1.62 bits per heavy atom. The molecule has 1 aliphatic carbocycles. The van der Waals surface area contributed by atoms with Gasteiger partial charge in [0.1, 0.15) is 0 Å². The quantitative estimate of drug-likeness (QED) is 0.714. The molecule has 0 spiro atoms. The summed E-state index contributed by atoms with van der Waals surface area (Å²) < 4.78 is 5.04. The lowest BCUT2D eigenvalue weighted by Crippen LogP contribution is -2.37. The summed E-state index contributed by atoms with van der Waals surface area (Å²) >= 11 is 0. The molecule has 4 heteroatoms. The van der Waals surface area contributed by atoms with Gasteiger partial charge in [-0.2, -0.15) is 0 Å². The van der Waals surface area contributed by atoms with Crippen molar-refractivity contribution >= 4 is 6.09 Å². The fourth-order valence-corrected chi connectivity index (χ4v) is 1.19. The van der Waals surface area contributed by atoms with Crippen molar-refractivity contribution in [3.8, 4) is 0 Å². The summed E-state index contributed by atoms with van der Waals surface area (Å²) in [4.78, 5) is 13.0. The van der Waals surface area contributed by atoms with Crippen molar-refractivity contribution in [2.24, 2.45) is 0 Å². The first-order valence-electron chi connectivity index (χ1n) is 4.73. The van der Waals surface area contributed by atoms with Gasteiger partial charge in [0, 0.05) is 12.6 Å². The number of aliphatic hydroxyl groups is 1. The second-order valence-electron chi connectivity index (χ2n) is 3.58. The Labute approximate surface area is 78.5 Å². The van der Waals surface area contributed by atoms with Crippen molar-refractivity contribution < 1.29 is 14.6 Å². The van der Waals surface area contributed by atoms with Crippen molar-refractivity contribution in [2.75, 3.05) is 13.2 Å².